The number of aliphatic hydroxyl groups excluding tert-OH is 1. The van der Waals surface area contributed by atoms with Crippen LogP contribution in [0.25, 0.3) is 5.57 Å². The van der Waals surface area contributed by atoms with Crippen molar-refractivity contribution in [3.8, 4) is 5.88 Å². The van der Waals surface area contributed by atoms with Gasteiger partial charge >= 0.3 is 6.03 Å². The molecule has 0 fully saturated rings. The van der Waals surface area contributed by atoms with E-state index in [1.54, 1.807) is 23.0 Å². The quantitative estimate of drug-likeness (QED) is 0.654. The standard InChI is InChI=1S/C27H34N4O4/c1-18-15-31(19(2)17-32)26(33)23-13-21(20-9-7-8-10-20)14-28-25(23)35-24(18)16-30(3)27(34)29-22-11-5-4-6-12-22/h4-6,9,11-14,18-19,24,32H,7-8,10,15-17H2,1-3H3,(H,29,34)/t18-,19-,24+/m0/s1. The second kappa shape index (κ2) is 10.9. The minimum Gasteiger partial charge on any atom is -0.472 e. The number of carbonyl (C=O) groups excluding carboxylic acids is 2. The van der Waals surface area contributed by atoms with Gasteiger partial charge in [0.05, 0.1) is 19.2 Å². The summed E-state index contributed by atoms with van der Waals surface area (Å²) in [5.41, 5.74) is 3.23. The summed E-state index contributed by atoms with van der Waals surface area (Å²) < 4.78 is 6.31. The van der Waals surface area contributed by atoms with Crippen molar-refractivity contribution in [2.45, 2.75) is 45.3 Å². The molecule has 3 amide bonds. The lowest BCUT2D eigenvalue weighted by Gasteiger charge is -2.37. The van der Waals surface area contributed by atoms with E-state index in [1.165, 1.54) is 5.57 Å². The normalized spacial score (nSPS) is 20.7. The molecule has 0 unspecified atom stereocenters. The van der Waals surface area contributed by atoms with Gasteiger partial charge in [-0.3, -0.25) is 4.79 Å². The summed E-state index contributed by atoms with van der Waals surface area (Å²) in [6.07, 6.45) is 6.65. The van der Waals surface area contributed by atoms with Crippen LogP contribution in [0.15, 0.2) is 48.7 Å². The number of benzene rings is 1. The fourth-order valence-electron chi connectivity index (χ4n) is 4.52. The molecule has 0 bridgehead atoms. The Morgan fingerprint density at radius 1 is 1.34 bits per heavy atom. The van der Waals surface area contributed by atoms with Gasteiger partial charge in [0.2, 0.25) is 5.88 Å². The SMILES string of the molecule is C[C@H]1CN([C@@H](C)CO)C(=O)c2cc(C3=CCCC3)cnc2O[C@@H]1CN(C)C(=O)Nc1ccccc1. The lowest BCUT2D eigenvalue weighted by molar-refractivity contribution is 0.0356. The number of ether oxygens (including phenoxy) is 1. The van der Waals surface area contributed by atoms with Crippen molar-refractivity contribution in [2.75, 3.05) is 32.1 Å². The molecule has 1 aromatic heterocycles. The zero-order valence-corrected chi connectivity index (χ0v) is 20.6. The molecular weight excluding hydrogens is 444 g/mol. The van der Waals surface area contributed by atoms with Gasteiger partial charge in [0.25, 0.3) is 5.91 Å². The summed E-state index contributed by atoms with van der Waals surface area (Å²) in [5, 5.41) is 12.7. The van der Waals surface area contributed by atoms with E-state index < -0.39 is 6.10 Å². The number of hydrogen-bond donors (Lipinski definition) is 2. The number of allylic oxidation sites excluding steroid dienone is 2. The van der Waals surface area contributed by atoms with Crippen molar-refractivity contribution >= 4 is 23.2 Å². The molecule has 1 aliphatic carbocycles. The van der Waals surface area contributed by atoms with Crippen molar-refractivity contribution in [3.63, 3.8) is 0 Å². The minimum atomic E-state index is -0.397. The predicted molar refractivity (Wildman–Crippen MR) is 135 cm³/mol. The van der Waals surface area contributed by atoms with Crippen molar-refractivity contribution < 1.29 is 19.4 Å². The number of hydrogen-bond acceptors (Lipinski definition) is 5. The first-order valence-electron chi connectivity index (χ1n) is 12.2. The zero-order chi connectivity index (χ0) is 24.9. The van der Waals surface area contributed by atoms with Crippen LogP contribution in [0, 0.1) is 5.92 Å². The number of aliphatic hydroxyl groups is 1. The summed E-state index contributed by atoms with van der Waals surface area (Å²) in [7, 11) is 1.72. The monoisotopic (exact) mass is 478 g/mol. The van der Waals surface area contributed by atoms with Crippen LogP contribution in [-0.2, 0) is 0 Å². The molecule has 8 nitrogen and oxygen atoms in total. The molecule has 2 heterocycles. The van der Waals surface area contributed by atoms with Crippen LogP contribution >= 0.6 is 0 Å². The van der Waals surface area contributed by atoms with E-state index in [1.807, 2.05) is 50.2 Å². The van der Waals surface area contributed by atoms with Crippen LogP contribution in [0.5, 0.6) is 5.88 Å². The highest BCUT2D eigenvalue weighted by Crippen LogP contribution is 2.32. The molecule has 186 valence electrons. The number of amides is 3. The topological polar surface area (TPSA) is 95.0 Å². The van der Waals surface area contributed by atoms with Crippen LogP contribution in [-0.4, -0.2) is 70.7 Å². The third kappa shape index (κ3) is 5.65. The summed E-state index contributed by atoms with van der Waals surface area (Å²) in [5.74, 6) is -0.0389. The Bertz CT molecular complexity index is 1090. The minimum absolute atomic E-state index is 0.105. The molecule has 2 aliphatic rings. The lowest BCUT2D eigenvalue weighted by atomic mass is 9.99. The third-order valence-corrected chi connectivity index (χ3v) is 6.76. The maximum atomic E-state index is 13.5. The van der Waals surface area contributed by atoms with Crippen LogP contribution < -0.4 is 10.1 Å². The molecule has 1 aliphatic heterocycles. The van der Waals surface area contributed by atoms with Gasteiger partial charge in [-0.2, -0.15) is 0 Å². The van der Waals surface area contributed by atoms with Crippen LogP contribution in [0.2, 0.25) is 0 Å². The number of pyridine rings is 1. The smallest absolute Gasteiger partial charge is 0.321 e. The number of anilines is 1. The maximum Gasteiger partial charge on any atom is 0.321 e. The van der Waals surface area contributed by atoms with Crippen LogP contribution in [0.1, 0.15) is 49.0 Å². The highest BCUT2D eigenvalue weighted by molar-refractivity contribution is 5.97. The van der Waals surface area contributed by atoms with E-state index in [0.717, 1.165) is 24.8 Å². The summed E-state index contributed by atoms with van der Waals surface area (Å²) in [6.45, 7) is 4.38. The number of nitrogens with one attached hydrogen (secondary N) is 1. The van der Waals surface area contributed by atoms with Crippen molar-refractivity contribution in [2.24, 2.45) is 5.92 Å². The number of para-hydroxylation sites is 1. The number of fused-ring (bicyclic) bond motifs is 1. The molecule has 0 radical (unpaired) electrons. The molecule has 2 aromatic rings. The maximum absolute atomic E-state index is 13.5. The Labute approximate surface area is 206 Å². The van der Waals surface area contributed by atoms with Crippen molar-refractivity contribution in [1.29, 1.82) is 0 Å². The van der Waals surface area contributed by atoms with E-state index in [4.69, 9.17) is 4.74 Å². The Morgan fingerprint density at radius 2 is 2.11 bits per heavy atom. The Morgan fingerprint density at radius 3 is 2.80 bits per heavy atom. The fraction of sp³-hybridized carbons (Fsp3) is 0.444. The number of rotatable bonds is 6. The number of likely N-dealkylation sites (N-methyl/N-ethyl adjacent to an activating group) is 1. The predicted octanol–water partition coefficient (Wildman–Crippen LogP) is 4.03. The van der Waals surface area contributed by atoms with Gasteiger partial charge in [-0.25, -0.2) is 9.78 Å². The van der Waals surface area contributed by atoms with Crippen LogP contribution in [0.3, 0.4) is 0 Å². The summed E-state index contributed by atoms with van der Waals surface area (Å²) in [4.78, 5) is 34.2. The van der Waals surface area contributed by atoms with Gasteiger partial charge in [-0.15, -0.1) is 0 Å². The van der Waals surface area contributed by atoms with Gasteiger partial charge < -0.3 is 25.0 Å². The van der Waals surface area contributed by atoms with E-state index in [2.05, 4.69) is 16.4 Å². The number of urea groups is 1. The molecule has 0 saturated carbocycles. The van der Waals surface area contributed by atoms with Gasteiger partial charge in [-0.05, 0) is 55.5 Å². The average Bonchev–Trinajstić information content (AvgIpc) is 3.41. The van der Waals surface area contributed by atoms with E-state index in [-0.39, 0.29) is 36.4 Å². The first-order chi connectivity index (χ1) is 16.9. The Hall–Kier alpha value is -3.39. The highest BCUT2D eigenvalue weighted by Gasteiger charge is 2.35. The largest absolute Gasteiger partial charge is 0.472 e. The van der Waals surface area contributed by atoms with Crippen molar-refractivity contribution in [1.82, 2.24) is 14.8 Å². The summed E-state index contributed by atoms with van der Waals surface area (Å²) in [6, 6.07) is 10.5. The number of nitrogens with zero attached hydrogens (tertiary/aromatic N) is 3. The number of aromatic nitrogens is 1. The van der Waals surface area contributed by atoms with Crippen molar-refractivity contribution in [3.05, 3.63) is 59.8 Å². The van der Waals surface area contributed by atoms with Gasteiger partial charge in [0.15, 0.2) is 0 Å². The average molecular weight is 479 g/mol. The molecule has 0 saturated heterocycles. The van der Waals surface area contributed by atoms with E-state index in [0.29, 0.717) is 24.3 Å². The van der Waals surface area contributed by atoms with E-state index >= 15 is 0 Å². The molecule has 2 N–H and O–H groups in total. The van der Waals surface area contributed by atoms with Gasteiger partial charge in [-0.1, -0.05) is 31.2 Å². The fourth-order valence-corrected chi connectivity index (χ4v) is 4.52. The second-order valence-electron chi connectivity index (χ2n) is 9.50. The third-order valence-electron chi connectivity index (χ3n) is 6.76. The van der Waals surface area contributed by atoms with E-state index in [9.17, 15) is 14.7 Å². The van der Waals surface area contributed by atoms with Gasteiger partial charge in [0.1, 0.15) is 11.7 Å². The van der Waals surface area contributed by atoms with Crippen LogP contribution in [0.4, 0.5) is 10.5 Å². The molecule has 0 spiro atoms. The molecule has 4 rings (SSSR count). The second-order valence-corrected chi connectivity index (χ2v) is 9.50. The highest BCUT2D eigenvalue weighted by atomic mass is 16.5. The molecule has 1 aromatic carbocycles. The molecular formula is C27H34N4O4. The van der Waals surface area contributed by atoms with Gasteiger partial charge in [0, 0.05) is 31.4 Å². The molecule has 8 heteroatoms. The Balaban J connectivity index is 1.60. The Kier molecular flexibility index (Phi) is 7.70. The summed E-state index contributed by atoms with van der Waals surface area (Å²) >= 11 is 0. The first kappa shape index (κ1) is 24.7. The zero-order valence-electron chi connectivity index (χ0n) is 20.6. The molecule has 3 atom stereocenters. The first-order valence-corrected chi connectivity index (χ1v) is 12.2. The lowest BCUT2D eigenvalue weighted by Crippen LogP contribution is -2.50. The molecule has 35 heavy (non-hydrogen) atoms. The number of carbonyl (C=O) groups is 2.